The molecule has 1 aromatic rings. The molecule has 1 aromatic carbocycles. The molecule has 0 saturated carbocycles. The number of thioether (sulfide) groups is 1. The lowest BCUT2D eigenvalue weighted by molar-refractivity contribution is 0.637. The first-order valence-electron chi connectivity index (χ1n) is 7.29. The van der Waals surface area contributed by atoms with Crippen LogP contribution in [0.2, 0.25) is 0 Å². The Morgan fingerprint density at radius 1 is 1.21 bits per heavy atom. The minimum Gasteiger partial charge on any atom is -0.371 e. The van der Waals surface area contributed by atoms with Gasteiger partial charge < -0.3 is 10.2 Å². The van der Waals surface area contributed by atoms with E-state index in [2.05, 4.69) is 67.0 Å². The van der Waals surface area contributed by atoms with Crippen molar-refractivity contribution in [3.8, 4) is 0 Å². The molecule has 1 fully saturated rings. The Hall–Kier alpha value is -0.670. The summed E-state index contributed by atoms with van der Waals surface area (Å²) in [6.07, 6.45) is 1.26. The minimum atomic E-state index is 0.430. The molecule has 0 aliphatic carbocycles. The highest BCUT2D eigenvalue weighted by atomic mass is 32.2. The van der Waals surface area contributed by atoms with Gasteiger partial charge in [0.1, 0.15) is 0 Å². The van der Waals surface area contributed by atoms with Crippen molar-refractivity contribution < 1.29 is 0 Å². The zero-order valence-electron chi connectivity index (χ0n) is 12.4. The van der Waals surface area contributed by atoms with Crippen LogP contribution in [0.3, 0.4) is 0 Å². The van der Waals surface area contributed by atoms with Crippen molar-refractivity contribution in [3.05, 3.63) is 29.8 Å². The third-order valence-electron chi connectivity index (χ3n) is 3.72. The van der Waals surface area contributed by atoms with Crippen LogP contribution in [0.25, 0.3) is 0 Å². The summed E-state index contributed by atoms with van der Waals surface area (Å²) in [6, 6.07) is 9.05. The Morgan fingerprint density at radius 3 is 2.63 bits per heavy atom. The highest BCUT2D eigenvalue weighted by molar-refractivity contribution is 8.00. The maximum Gasteiger partial charge on any atom is 0.0366 e. The van der Waals surface area contributed by atoms with Crippen molar-refractivity contribution in [2.24, 2.45) is 0 Å². The zero-order chi connectivity index (χ0) is 13.7. The Kier molecular flexibility index (Phi) is 5.17. The molecular weight excluding hydrogens is 252 g/mol. The maximum atomic E-state index is 3.37. The fraction of sp³-hybridized carbons (Fsp3) is 0.625. The number of benzene rings is 1. The topological polar surface area (TPSA) is 15.3 Å². The van der Waals surface area contributed by atoms with Crippen molar-refractivity contribution in [2.45, 2.75) is 38.5 Å². The Morgan fingerprint density at radius 2 is 1.95 bits per heavy atom. The summed E-state index contributed by atoms with van der Waals surface area (Å²) in [5.41, 5.74) is 2.74. The molecule has 1 aliphatic heterocycles. The van der Waals surface area contributed by atoms with Gasteiger partial charge >= 0.3 is 0 Å². The predicted octanol–water partition coefficient (Wildman–Crippen LogP) is 3.52. The van der Waals surface area contributed by atoms with Crippen LogP contribution < -0.4 is 10.2 Å². The second-order valence-electron chi connectivity index (χ2n) is 5.79. The van der Waals surface area contributed by atoms with Crippen LogP contribution >= 0.6 is 11.8 Å². The largest absolute Gasteiger partial charge is 0.371 e. The molecule has 2 rings (SSSR count). The summed E-state index contributed by atoms with van der Waals surface area (Å²) >= 11 is 2.10. The molecule has 0 aromatic heterocycles. The van der Waals surface area contributed by atoms with Gasteiger partial charge in [-0.2, -0.15) is 11.8 Å². The van der Waals surface area contributed by atoms with Crippen LogP contribution in [0.4, 0.5) is 5.69 Å². The van der Waals surface area contributed by atoms with E-state index in [1.807, 2.05) is 0 Å². The Labute approximate surface area is 122 Å². The summed E-state index contributed by atoms with van der Waals surface area (Å²) in [5, 5.41) is 3.37. The lowest BCUT2D eigenvalue weighted by atomic mass is 10.1. The molecule has 3 heteroatoms. The van der Waals surface area contributed by atoms with Gasteiger partial charge in [0.05, 0.1) is 0 Å². The lowest BCUT2D eigenvalue weighted by Crippen LogP contribution is -2.26. The van der Waals surface area contributed by atoms with E-state index >= 15 is 0 Å². The summed E-state index contributed by atoms with van der Waals surface area (Å²) in [4.78, 5) is 2.53. The molecule has 1 aliphatic rings. The number of nitrogens with one attached hydrogen (secondary N) is 1. The summed E-state index contributed by atoms with van der Waals surface area (Å²) in [5.74, 6) is 1.23. The Bertz CT molecular complexity index is 386. The maximum absolute atomic E-state index is 3.37. The lowest BCUT2D eigenvalue weighted by Gasteiger charge is -2.24. The number of rotatable bonds is 4. The van der Waals surface area contributed by atoms with E-state index in [1.54, 1.807) is 0 Å². The van der Waals surface area contributed by atoms with E-state index in [1.165, 1.54) is 36.5 Å². The fourth-order valence-electron chi connectivity index (χ4n) is 2.37. The molecule has 2 nitrogen and oxygen atoms in total. The molecule has 0 radical (unpaired) electrons. The van der Waals surface area contributed by atoms with Crippen LogP contribution in [0.15, 0.2) is 24.3 Å². The van der Waals surface area contributed by atoms with Gasteiger partial charge in [0.2, 0.25) is 0 Å². The molecule has 0 atom stereocenters. The van der Waals surface area contributed by atoms with Crippen LogP contribution in [0.1, 0.15) is 32.8 Å². The summed E-state index contributed by atoms with van der Waals surface area (Å²) < 4.78 is 0.430. The average molecular weight is 278 g/mol. The van der Waals surface area contributed by atoms with Crippen LogP contribution in [0, 0.1) is 0 Å². The first-order chi connectivity index (χ1) is 9.11. The standard InChI is InChI=1S/C16H26N2S/c1-4-17-13-14-5-7-15(8-6-14)18-10-9-16(2,3)19-12-11-18/h5-8,17H,4,9-13H2,1-3H3. The van der Waals surface area contributed by atoms with E-state index in [4.69, 9.17) is 0 Å². The van der Waals surface area contributed by atoms with E-state index in [-0.39, 0.29) is 0 Å². The number of anilines is 1. The third-order valence-corrected chi connectivity index (χ3v) is 5.09. The molecule has 19 heavy (non-hydrogen) atoms. The van der Waals surface area contributed by atoms with E-state index in [9.17, 15) is 0 Å². The van der Waals surface area contributed by atoms with Gasteiger partial charge in [-0.15, -0.1) is 0 Å². The number of nitrogens with zero attached hydrogens (tertiary/aromatic N) is 1. The van der Waals surface area contributed by atoms with E-state index in [0.717, 1.165) is 13.1 Å². The number of hydrogen-bond donors (Lipinski definition) is 1. The van der Waals surface area contributed by atoms with E-state index < -0.39 is 0 Å². The zero-order valence-corrected chi connectivity index (χ0v) is 13.2. The van der Waals surface area contributed by atoms with Crippen LogP contribution in [0.5, 0.6) is 0 Å². The molecule has 0 amide bonds. The van der Waals surface area contributed by atoms with Crippen molar-refractivity contribution >= 4 is 17.4 Å². The highest BCUT2D eigenvalue weighted by Crippen LogP contribution is 2.32. The third kappa shape index (κ3) is 4.43. The average Bonchev–Trinajstić information content (AvgIpc) is 2.58. The van der Waals surface area contributed by atoms with Crippen molar-refractivity contribution in [3.63, 3.8) is 0 Å². The molecular formula is C16H26N2S. The molecule has 0 bridgehead atoms. The molecule has 0 unspecified atom stereocenters. The minimum absolute atomic E-state index is 0.430. The van der Waals surface area contributed by atoms with Gasteiger partial charge in [0.15, 0.2) is 0 Å². The van der Waals surface area contributed by atoms with Crippen LogP contribution in [-0.4, -0.2) is 30.1 Å². The van der Waals surface area contributed by atoms with Crippen molar-refractivity contribution in [2.75, 3.05) is 30.3 Å². The highest BCUT2D eigenvalue weighted by Gasteiger charge is 2.23. The fourth-order valence-corrected chi connectivity index (χ4v) is 3.47. The molecule has 0 spiro atoms. The normalized spacial score (nSPS) is 19.2. The van der Waals surface area contributed by atoms with Gasteiger partial charge in [-0.1, -0.05) is 32.9 Å². The van der Waals surface area contributed by atoms with Gasteiger partial charge in [-0.05, 0) is 30.7 Å². The van der Waals surface area contributed by atoms with Gasteiger partial charge in [0.25, 0.3) is 0 Å². The quantitative estimate of drug-likeness (QED) is 0.907. The molecule has 1 heterocycles. The number of hydrogen-bond acceptors (Lipinski definition) is 3. The monoisotopic (exact) mass is 278 g/mol. The van der Waals surface area contributed by atoms with Gasteiger partial charge in [0, 0.05) is 35.8 Å². The first-order valence-corrected chi connectivity index (χ1v) is 8.28. The summed E-state index contributed by atoms with van der Waals surface area (Å²) in [6.45, 7) is 11.2. The molecule has 1 saturated heterocycles. The predicted molar refractivity (Wildman–Crippen MR) is 87.2 cm³/mol. The second-order valence-corrected chi connectivity index (χ2v) is 7.59. The van der Waals surface area contributed by atoms with Crippen LogP contribution in [-0.2, 0) is 6.54 Å². The van der Waals surface area contributed by atoms with Crippen molar-refractivity contribution in [1.29, 1.82) is 0 Å². The van der Waals surface area contributed by atoms with Crippen molar-refractivity contribution in [1.82, 2.24) is 5.32 Å². The first kappa shape index (κ1) is 14.7. The van der Waals surface area contributed by atoms with E-state index in [0.29, 0.717) is 4.75 Å². The second kappa shape index (κ2) is 6.67. The molecule has 106 valence electrons. The smallest absolute Gasteiger partial charge is 0.0366 e. The van der Waals surface area contributed by atoms with Gasteiger partial charge in [-0.3, -0.25) is 0 Å². The summed E-state index contributed by atoms with van der Waals surface area (Å²) in [7, 11) is 0. The van der Waals surface area contributed by atoms with Gasteiger partial charge in [-0.25, -0.2) is 0 Å². The SMILES string of the molecule is CCNCc1ccc(N2CCSC(C)(C)CC2)cc1. The molecule has 1 N–H and O–H groups in total. The Balaban J connectivity index is 1.97.